The number of carbonyl (C=O) groups excluding carboxylic acids is 1. The summed E-state index contributed by atoms with van der Waals surface area (Å²) < 4.78 is 72.2. The maximum absolute atomic E-state index is 12.0. The summed E-state index contributed by atoms with van der Waals surface area (Å²) in [6.45, 7) is -1.46. The van der Waals surface area contributed by atoms with E-state index in [0.29, 0.717) is 5.69 Å². The second kappa shape index (κ2) is 6.97. The second-order valence-electron chi connectivity index (χ2n) is 4.27. The molecule has 0 saturated carbocycles. The summed E-state index contributed by atoms with van der Waals surface area (Å²) in [6.07, 6.45) is 0. The molecule has 0 amide bonds. The summed E-state index contributed by atoms with van der Waals surface area (Å²) >= 11 is 0. The maximum atomic E-state index is 12.0. The van der Waals surface area contributed by atoms with Gasteiger partial charge in [0.25, 0.3) is 0 Å². The Balaban J connectivity index is 2.57. The SMILES string of the molecule is [3H]c1cc(C(=O)OCC[N-]S(=O)(=O)C(F)(F)F)ccc1N(C)C. The van der Waals surface area contributed by atoms with Crippen LogP contribution in [0.3, 0.4) is 0 Å². The highest BCUT2D eigenvalue weighted by Gasteiger charge is 2.38. The van der Waals surface area contributed by atoms with Crippen molar-refractivity contribution in [3.63, 3.8) is 0 Å². The van der Waals surface area contributed by atoms with E-state index in [1.54, 1.807) is 19.0 Å². The number of hydrogen-bond acceptors (Lipinski definition) is 5. The van der Waals surface area contributed by atoms with Gasteiger partial charge in [-0.2, -0.15) is 13.2 Å². The quantitative estimate of drug-likeness (QED) is 0.585. The van der Waals surface area contributed by atoms with Gasteiger partial charge in [0.2, 0.25) is 0 Å². The van der Waals surface area contributed by atoms with E-state index in [2.05, 4.69) is 9.46 Å². The molecule has 1 aromatic carbocycles. The standard InChI is InChI=1S/C12H14F3N2O4S/c1-17(2)10-5-3-9(4-6-10)11(18)21-8-7-16-22(19,20)12(13,14)15/h3-6H,7-8H2,1-2H3/q-1/i5T. The van der Waals surface area contributed by atoms with Crippen molar-refractivity contribution in [3.05, 3.63) is 34.5 Å². The largest absolute Gasteiger partial charge is 0.538 e. The van der Waals surface area contributed by atoms with Gasteiger partial charge in [0.15, 0.2) is 10.0 Å². The number of halogens is 3. The van der Waals surface area contributed by atoms with Gasteiger partial charge >= 0.3 is 11.5 Å². The van der Waals surface area contributed by atoms with E-state index in [1.165, 1.54) is 18.2 Å². The molecule has 22 heavy (non-hydrogen) atoms. The van der Waals surface area contributed by atoms with Crippen molar-refractivity contribution in [1.29, 1.82) is 0 Å². The van der Waals surface area contributed by atoms with Crippen LogP contribution in [-0.2, 0) is 14.8 Å². The number of hydrogen-bond donors (Lipinski definition) is 0. The van der Waals surface area contributed by atoms with Crippen molar-refractivity contribution in [1.82, 2.24) is 0 Å². The predicted octanol–water partition coefficient (Wildman–Crippen LogP) is 2.13. The van der Waals surface area contributed by atoms with Crippen LogP contribution in [0.2, 0.25) is 0 Å². The Morgan fingerprint density at radius 1 is 1.36 bits per heavy atom. The Hall–Kier alpha value is -1.81. The van der Waals surface area contributed by atoms with E-state index in [9.17, 15) is 26.4 Å². The number of nitrogens with zero attached hydrogens (tertiary/aromatic N) is 2. The first kappa shape index (κ1) is 16.6. The molecule has 0 unspecified atom stereocenters. The topological polar surface area (TPSA) is 77.8 Å². The fourth-order valence-electron chi connectivity index (χ4n) is 1.27. The van der Waals surface area contributed by atoms with Crippen molar-refractivity contribution in [3.8, 4) is 0 Å². The van der Waals surface area contributed by atoms with Crippen LogP contribution in [0.25, 0.3) is 4.72 Å². The van der Waals surface area contributed by atoms with Gasteiger partial charge in [-0.25, -0.2) is 13.2 Å². The van der Waals surface area contributed by atoms with Crippen LogP contribution in [0.15, 0.2) is 24.2 Å². The lowest BCUT2D eigenvalue weighted by atomic mass is 10.2. The highest BCUT2D eigenvalue weighted by Crippen LogP contribution is 2.27. The van der Waals surface area contributed by atoms with Gasteiger partial charge in [0.05, 0.1) is 13.5 Å². The Kier molecular flexibility index (Phi) is 5.24. The van der Waals surface area contributed by atoms with Crippen LogP contribution in [0.4, 0.5) is 18.9 Å². The zero-order chi connectivity index (χ0) is 17.8. The number of rotatable bonds is 6. The summed E-state index contributed by atoms with van der Waals surface area (Å²) in [5, 5.41) is 0. The summed E-state index contributed by atoms with van der Waals surface area (Å²) in [5.74, 6) is -0.886. The minimum Gasteiger partial charge on any atom is -0.538 e. The molecule has 0 aliphatic heterocycles. The van der Waals surface area contributed by atoms with Crippen molar-refractivity contribution >= 4 is 21.7 Å². The van der Waals surface area contributed by atoms with E-state index in [-0.39, 0.29) is 11.6 Å². The third-order valence-corrected chi connectivity index (χ3v) is 3.50. The number of sulfonamides is 1. The third kappa shape index (κ3) is 4.88. The van der Waals surface area contributed by atoms with Crippen LogP contribution < -0.4 is 4.90 Å². The lowest BCUT2D eigenvalue weighted by molar-refractivity contribution is -0.0427. The number of carbonyl (C=O) groups is 1. The molecule has 0 saturated heterocycles. The minimum atomic E-state index is -5.58. The minimum absolute atomic E-state index is 0.0271. The van der Waals surface area contributed by atoms with E-state index >= 15 is 0 Å². The molecule has 0 atom stereocenters. The average molecular weight is 341 g/mol. The molecular weight excluding hydrogens is 325 g/mol. The number of anilines is 1. The Labute approximate surface area is 127 Å². The molecule has 0 heterocycles. The van der Waals surface area contributed by atoms with Crippen molar-refractivity contribution in [2.45, 2.75) is 5.51 Å². The van der Waals surface area contributed by atoms with E-state index in [4.69, 9.17) is 1.37 Å². The van der Waals surface area contributed by atoms with Crippen LogP contribution >= 0.6 is 0 Å². The first-order chi connectivity index (χ1) is 10.5. The monoisotopic (exact) mass is 341 g/mol. The lowest BCUT2D eigenvalue weighted by Crippen LogP contribution is -2.23. The van der Waals surface area contributed by atoms with Crippen molar-refractivity contribution in [2.75, 3.05) is 32.1 Å². The van der Waals surface area contributed by atoms with Gasteiger partial charge in [0, 0.05) is 19.8 Å². The van der Waals surface area contributed by atoms with Crippen molar-refractivity contribution < 1.29 is 32.5 Å². The summed E-state index contributed by atoms with van der Waals surface area (Å²) in [6, 6.07) is 4.20. The molecule has 0 bridgehead atoms. The summed E-state index contributed by atoms with van der Waals surface area (Å²) in [4.78, 5) is 13.3. The Morgan fingerprint density at radius 2 is 2.00 bits per heavy atom. The van der Waals surface area contributed by atoms with Gasteiger partial charge in [-0.3, -0.25) is 0 Å². The normalized spacial score (nSPS) is 12.7. The van der Waals surface area contributed by atoms with E-state index in [0.717, 1.165) is 0 Å². The zero-order valence-corrected chi connectivity index (χ0v) is 12.5. The molecule has 1 aromatic rings. The Bertz CT molecular complexity index is 677. The molecule has 0 aliphatic rings. The number of esters is 1. The number of benzene rings is 1. The van der Waals surface area contributed by atoms with Crippen molar-refractivity contribution in [2.24, 2.45) is 0 Å². The number of alkyl halides is 3. The molecule has 6 nitrogen and oxygen atoms in total. The van der Waals surface area contributed by atoms with Crippen LogP contribution in [0.1, 0.15) is 11.7 Å². The van der Waals surface area contributed by atoms with Crippen LogP contribution in [0.5, 0.6) is 0 Å². The molecular formula is C12H14F3N2O4S-. The average Bonchev–Trinajstić information content (AvgIpc) is 2.41. The van der Waals surface area contributed by atoms with Crippen LogP contribution in [-0.4, -0.2) is 47.1 Å². The van der Waals surface area contributed by atoms with Gasteiger partial charge in [0.1, 0.15) is 0 Å². The fourth-order valence-corrected chi connectivity index (χ4v) is 1.74. The molecule has 1 rings (SSSR count). The smallest absolute Gasteiger partial charge is 0.480 e. The third-order valence-electron chi connectivity index (χ3n) is 2.39. The second-order valence-corrected chi connectivity index (χ2v) is 5.94. The first-order valence-electron chi connectivity index (χ1n) is 6.41. The van der Waals surface area contributed by atoms with Gasteiger partial charge in [-0.05, 0) is 24.2 Å². The molecule has 0 N–H and O–H groups in total. The predicted molar refractivity (Wildman–Crippen MR) is 74.3 cm³/mol. The molecule has 0 radical (unpaired) electrons. The number of ether oxygens (including phenoxy) is 1. The fraction of sp³-hybridized carbons (Fsp3) is 0.417. The molecule has 0 fully saturated rings. The van der Waals surface area contributed by atoms with Gasteiger partial charge in [-0.1, -0.05) is 0 Å². The summed E-state index contributed by atoms with van der Waals surface area (Å²) in [7, 11) is -2.15. The molecule has 0 spiro atoms. The lowest BCUT2D eigenvalue weighted by Gasteiger charge is -2.21. The molecule has 0 aromatic heterocycles. The highest BCUT2D eigenvalue weighted by atomic mass is 32.2. The zero-order valence-electron chi connectivity index (χ0n) is 12.7. The van der Waals surface area contributed by atoms with Crippen LogP contribution in [0, 0.1) is 0 Å². The molecule has 124 valence electrons. The van der Waals surface area contributed by atoms with Gasteiger partial charge in [-0.15, -0.1) is 6.54 Å². The Morgan fingerprint density at radius 3 is 2.50 bits per heavy atom. The van der Waals surface area contributed by atoms with E-state index < -0.39 is 34.7 Å². The van der Waals surface area contributed by atoms with Gasteiger partial charge < -0.3 is 14.4 Å². The highest BCUT2D eigenvalue weighted by molar-refractivity contribution is 7.94. The van der Waals surface area contributed by atoms with E-state index in [1.807, 2.05) is 0 Å². The maximum Gasteiger partial charge on any atom is 0.480 e. The molecule has 0 aliphatic carbocycles. The molecule has 10 heteroatoms. The first-order valence-corrected chi connectivity index (χ1v) is 7.35. The summed E-state index contributed by atoms with van der Waals surface area (Å²) in [5.41, 5.74) is -4.88.